The maximum absolute atomic E-state index is 5.43. The Bertz CT molecular complexity index is 485. The molecule has 3 nitrogen and oxygen atoms in total. The van der Waals surface area contributed by atoms with Crippen molar-refractivity contribution in [2.45, 2.75) is 53.1 Å². The number of benzene rings is 1. The molecule has 0 aliphatic heterocycles. The van der Waals surface area contributed by atoms with Gasteiger partial charge in [-0.05, 0) is 30.7 Å². The Balaban J connectivity index is 0.000000615. The van der Waals surface area contributed by atoms with E-state index in [1.54, 1.807) is 14.2 Å². The van der Waals surface area contributed by atoms with Crippen LogP contribution in [0.4, 0.5) is 0 Å². The molecule has 1 unspecified atom stereocenters. The van der Waals surface area contributed by atoms with Gasteiger partial charge in [0.05, 0.1) is 14.2 Å². The van der Waals surface area contributed by atoms with Gasteiger partial charge in [0.1, 0.15) is 11.5 Å². The topological polar surface area (TPSA) is 30.5 Å². The summed E-state index contributed by atoms with van der Waals surface area (Å²) in [6.45, 7) is 8.86. The fraction of sp³-hybridized carbons (Fsp3) is 0.600. The minimum Gasteiger partial charge on any atom is -0.497 e. The van der Waals surface area contributed by atoms with Crippen LogP contribution in [-0.2, 0) is 6.54 Å². The lowest BCUT2D eigenvalue weighted by Gasteiger charge is -2.41. The highest BCUT2D eigenvalue weighted by molar-refractivity contribution is 5.40. The highest BCUT2D eigenvalue weighted by atomic mass is 16.5. The molecule has 0 aromatic heterocycles. The van der Waals surface area contributed by atoms with Crippen molar-refractivity contribution in [3.63, 3.8) is 0 Å². The molecule has 130 valence electrons. The van der Waals surface area contributed by atoms with Crippen molar-refractivity contribution in [1.82, 2.24) is 5.32 Å². The van der Waals surface area contributed by atoms with Gasteiger partial charge in [0.2, 0.25) is 0 Å². The lowest BCUT2D eigenvalue weighted by molar-refractivity contribution is 0.158. The summed E-state index contributed by atoms with van der Waals surface area (Å²) >= 11 is 0. The van der Waals surface area contributed by atoms with Crippen LogP contribution in [0.5, 0.6) is 11.5 Å². The number of allylic oxidation sites excluding steroid dienone is 2. The monoisotopic (exact) mass is 319 g/mol. The molecule has 2 aliphatic carbocycles. The van der Waals surface area contributed by atoms with E-state index >= 15 is 0 Å². The third kappa shape index (κ3) is 4.74. The van der Waals surface area contributed by atoms with Crippen LogP contribution in [0.1, 0.15) is 46.1 Å². The molecule has 1 aromatic rings. The van der Waals surface area contributed by atoms with E-state index in [0.717, 1.165) is 29.9 Å². The molecule has 3 rings (SSSR count). The number of rotatable bonds is 5. The summed E-state index contributed by atoms with van der Waals surface area (Å²) in [6, 6.07) is 6.66. The molecule has 1 saturated carbocycles. The second-order valence-corrected chi connectivity index (χ2v) is 5.39. The Morgan fingerprint density at radius 3 is 2.43 bits per heavy atom. The Labute approximate surface area is 142 Å². The summed E-state index contributed by atoms with van der Waals surface area (Å²) in [4.78, 5) is 0. The fourth-order valence-electron chi connectivity index (χ4n) is 3.19. The van der Waals surface area contributed by atoms with E-state index < -0.39 is 0 Å². The summed E-state index contributed by atoms with van der Waals surface area (Å²) in [6.07, 6.45) is 7.21. The standard InChI is InChI=1S/C16H21NO2.2C2H6/c1-18-13-7-6-12(16(9-13)19-2)10-17-15-8-11-4-3-5-14(11)15;2*1-2/h3-4,6-7,9,11,14-15,17H,5,8,10H2,1-2H3;2*1-2H3/t11-,14-,15?;;/m1../s1. The number of ether oxygens (including phenoxy) is 2. The summed E-state index contributed by atoms with van der Waals surface area (Å²) < 4.78 is 10.6. The van der Waals surface area contributed by atoms with Crippen molar-refractivity contribution < 1.29 is 9.47 Å². The highest BCUT2D eigenvalue weighted by Crippen LogP contribution is 2.42. The molecule has 3 heteroatoms. The molecule has 0 saturated heterocycles. The molecule has 23 heavy (non-hydrogen) atoms. The first-order chi connectivity index (χ1) is 11.3. The first-order valence-electron chi connectivity index (χ1n) is 8.92. The van der Waals surface area contributed by atoms with E-state index in [1.807, 2.05) is 39.8 Å². The number of fused-ring (bicyclic) bond motifs is 1. The maximum Gasteiger partial charge on any atom is 0.127 e. The average Bonchev–Trinajstić information content (AvgIpc) is 2.99. The van der Waals surface area contributed by atoms with Crippen LogP contribution in [0.2, 0.25) is 0 Å². The Kier molecular flexibility index (Phi) is 8.78. The average molecular weight is 319 g/mol. The Hall–Kier alpha value is -1.48. The first kappa shape index (κ1) is 19.6. The smallest absolute Gasteiger partial charge is 0.127 e. The molecule has 1 N–H and O–H groups in total. The normalized spacial score (nSPS) is 23.5. The SMILES string of the molecule is CC.CC.COc1ccc(CNC2C[C@H]3C=CC[C@@H]23)c(OC)c1. The number of hydrogen-bond donors (Lipinski definition) is 1. The van der Waals surface area contributed by atoms with Crippen LogP contribution in [0, 0.1) is 11.8 Å². The zero-order chi connectivity index (χ0) is 17.2. The zero-order valence-electron chi connectivity index (χ0n) is 15.6. The highest BCUT2D eigenvalue weighted by Gasteiger charge is 2.40. The molecule has 3 atom stereocenters. The van der Waals surface area contributed by atoms with Crippen LogP contribution >= 0.6 is 0 Å². The first-order valence-corrected chi connectivity index (χ1v) is 8.92. The fourth-order valence-corrected chi connectivity index (χ4v) is 3.19. The van der Waals surface area contributed by atoms with Gasteiger partial charge in [-0.1, -0.05) is 45.9 Å². The predicted molar refractivity (Wildman–Crippen MR) is 98.2 cm³/mol. The van der Waals surface area contributed by atoms with E-state index in [9.17, 15) is 0 Å². The van der Waals surface area contributed by atoms with Crippen molar-refractivity contribution in [3.8, 4) is 11.5 Å². The number of hydrogen-bond acceptors (Lipinski definition) is 3. The van der Waals surface area contributed by atoms with Crippen LogP contribution in [0.15, 0.2) is 30.4 Å². The van der Waals surface area contributed by atoms with Crippen molar-refractivity contribution in [2.24, 2.45) is 11.8 Å². The molecule has 2 aliphatic rings. The Morgan fingerprint density at radius 1 is 1.09 bits per heavy atom. The van der Waals surface area contributed by atoms with Crippen molar-refractivity contribution >= 4 is 0 Å². The van der Waals surface area contributed by atoms with E-state index in [1.165, 1.54) is 18.4 Å². The van der Waals surface area contributed by atoms with Gasteiger partial charge in [-0.25, -0.2) is 0 Å². The molecule has 0 heterocycles. The van der Waals surface area contributed by atoms with E-state index in [-0.39, 0.29) is 0 Å². The van der Waals surface area contributed by atoms with Crippen molar-refractivity contribution in [3.05, 3.63) is 35.9 Å². The lowest BCUT2D eigenvalue weighted by atomic mass is 9.71. The largest absolute Gasteiger partial charge is 0.497 e. The second-order valence-electron chi connectivity index (χ2n) is 5.39. The maximum atomic E-state index is 5.43. The van der Waals surface area contributed by atoms with Crippen LogP contribution < -0.4 is 14.8 Å². The zero-order valence-corrected chi connectivity index (χ0v) is 15.6. The van der Waals surface area contributed by atoms with Crippen LogP contribution in [0.25, 0.3) is 0 Å². The van der Waals surface area contributed by atoms with E-state index in [2.05, 4.69) is 23.5 Å². The van der Waals surface area contributed by atoms with Crippen molar-refractivity contribution in [1.29, 1.82) is 0 Å². The second kappa shape index (κ2) is 10.3. The number of methoxy groups -OCH3 is 2. The molecule has 0 radical (unpaired) electrons. The van der Waals surface area contributed by atoms with Gasteiger partial charge >= 0.3 is 0 Å². The van der Waals surface area contributed by atoms with E-state index in [4.69, 9.17) is 9.47 Å². The minimum absolute atomic E-state index is 0.659. The third-order valence-corrected chi connectivity index (χ3v) is 4.43. The lowest BCUT2D eigenvalue weighted by Crippen LogP contribution is -2.47. The van der Waals surface area contributed by atoms with Gasteiger partial charge in [-0.15, -0.1) is 0 Å². The quantitative estimate of drug-likeness (QED) is 0.790. The molecule has 0 spiro atoms. The molecule has 0 bridgehead atoms. The van der Waals surface area contributed by atoms with Gasteiger partial charge in [0, 0.05) is 24.2 Å². The summed E-state index contributed by atoms with van der Waals surface area (Å²) in [5, 5.41) is 3.66. The predicted octanol–water partition coefficient (Wildman–Crippen LogP) is 4.81. The van der Waals surface area contributed by atoms with E-state index in [0.29, 0.717) is 6.04 Å². The summed E-state index contributed by atoms with van der Waals surface area (Å²) in [7, 11) is 3.38. The molecular formula is C20H33NO2. The van der Waals surface area contributed by atoms with Gasteiger partial charge in [0.25, 0.3) is 0 Å². The number of nitrogens with one attached hydrogen (secondary N) is 1. The van der Waals surface area contributed by atoms with Crippen molar-refractivity contribution in [2.75, 3.05) is 14.2 Å². The van der Waals surface area contributed by atoms with Crippen LogP contribution in [-0.4, -0.2) is 20.3 Å². The summed E-state index contributed by atoms with van der Waals surface area (Å²) in [5.41, 5.74) is 1.19. The molecular weight excluding hydrogens is 286 g/mol. The minimum atomic E-state index is 0.659. The third-order valence-electron chi connectivity index (χ3n) is 4.43. The van der Waals surface area contributed by atoms with Gasteiger partial charge < -0.3 is 14.8 Å². The van der Waals surface area contributed by atoms with Gasteiger partial charge in [0.15, 0.2) is 0 Å². The van der Waals surface area contributed by atoms with Gasteiger partial charge in [-0.3, -0.25) is 0 Å². The molecule has 0 amide bonds. The molecule has 1 aromatic carbocycles. The molecule has 1 fully saturated rings. The van der Waals surface area contributed by atoms with Crippen LogP contribution in [0.3, 0.4) is 0 Å². The Morgan fingerprint density at radius 2 is 1.83 bits per heavy atom. The summed E-state index contributed by atoms with van der Waals surface area (Å²) in [5.74, 6) is 3.39. The van der Waals surface area contributed by atoms with Gasteiger partial charge in [-0.2, -0.15) is 0 Å².